The molecule has 3 rings (SSSR count). The van der Waals surface area contributed by atoms with Gasteiger partial charge in [-0.3, -0.25) is 14.9 Å². The first-order chi connectivity index (χ1) is 12.0. The van der Waals surface area contributed by atoms with Crippen LogP contribution in [0, 0.1) is 5.82 Å². The average molecular weight is 348 g/mol. The van der Waals surface area contributed by atoms with Crippen LogP contribution in [-0.4, -0.2) is 55.0 Å². The summed E-state index contributed by atoms with van der Waals surface area (Å²) in [6, 6.07) is 5.22. The maximum absolute atomic E-state index is 13.0. The lowest BCUT2D eigenvalue weighted by Gasteiger charge is -2.24. The first kappa shape index (κ1) is 17.2. The van der Waals surface area contributed by atoms with E-state index in [0.717, 1.165) is 18.7 Å². The molecule has 2 heterocycles. The summed E-state index contributed by atoms with van der Waals surface area (Å²) in [4.78, 5) is 38.9. The zero-order valence-corrected chi connectivity index (χ0v) is 13.8. The van der Waals surface area contributed by atoms with Crippen molar-refractivity contribution in [2.75, 3.05) is 31.1 Å². The fourth-order valence-electron chi connectivity index (χ4n) is 3.17. The highest BCUT2D eigenvalue weighted by atomic mass is 19.1. The number of nitrogens with zero attached hydrogens (tertiary/aromatic N) is 2. The van der Waals surface area contributed by atoms with Gasteiger partial charge in [0.1, 0.15) is 11.9 Å². The van der Waals surface area contributed by atoms with Gasteiger partial charge in [0.25, 0.3) is 5.91 Å². The quantitative estimate of drug-likeness (QED) is 0.791. The minimum absolute atomic E-state index is 0.0186. The second-order valence-electron chi connectivity index (χ2n) is 6.25. The highest BCUT2D eigenvalue weighted by Gasteiger charge is 2.30. The second kappa shape index (κ2) is 7.50. The van der Waals surface area contributed by atoms with E-state index in [4.69, 9.17) is 0 Å². The molecular weight excluding hydrogens is 327 g/mol. The minimum atomic E-state index is -0.626. The first-order valence-corrected chi connectivity index (χ1v) is 8.42. The number of anilines is 1. The van der Waals surface area contributed by atoms with Gasteiger partial charge < -0.3 is 15.1 Å². The summed E-state index contributed by atoms with van der Waals surface area (Å²) in [6.07, 6.45) is 1.34. The van der Waals surface area contributed by atoms with E-state index in [1.165, 1.54) is 12.1 Å². The summed E-state index contributed by atoms with van der Waals surface area (Å²) in [5, 5.41) is 4.66. The van der Waals surface area contributed by atoms with E-state index in [9.17, 15) is 18.8 Å². The van der Waals surface area contributed by atoms with E-state index in [1.807, 2.05) is 0 Å². The van der Waals surface area contributed by atoms with Gasteiger partial charge in [0.05, 0.1) is 0 Å². The largest absolute Gasteiger partial charge is 0.370 e. The molecular formula is C17H21FN4O3. The summed E-state index contributed by atoms with van der Waals surface area (Å²) in [7, 11) is 0. The lowest BCUT2D eigenvalue weighted by molar-refractivity contribution is -0.131. The van der Waals surface area contributed by atoms with Crippen LogP contribution in [0.25, 0.3) is 0 Å². The summed E-state index contributed by atoms with van der Waals surface area (Å²) in [5.41, 5.74) is 0.945. The van der Waals surface area contributed by atoms with Gasteiger partial charge in [-0.2, -0.15) is 0 Å². The zero-order chi connectivity index (χ0) is 17.8. The Kier molecular flexibility index (Phi) is 5.16. The van der Waals surface area contributed by atoms with E-state index < -0.39 is 12.1 Å². The molecule has 0 spiro atoms. The molecule has 8 heteroatoms. The molecule has 0 radical (unpaired) electrons. The van der Waals surface area contributed by atoms with Gasteiger partial charge in [-0.05, 0) is 37.1 Å². The zero-order valence-electron chi connectivity index (χ0n) is 13.8. The molecule has 2 saturated heterocycles. The van der Waals surface area contributed by atoms with Crippen molar-refractivity contribution in [3.05, 3.63) is 30.1 Å². The third-order valence-electron chi connectivity index (χ3n) is 4.55. The molecule has 7 nitrogen and oxygen atoms in total. The van der Waals surface area contributed by atoms with Gasteiger partial charge in [-0.25, -0.2) is 9.18 Å². The fraction of sp³-hybridized carbons (Fsp3) is 0.471. The predicted molar refractivity (Wildman–Crippen MR) is 89.5 cm³/mol. The normalized spacial score (nSPS) is 20.9. The van der Waals surface area contributed by atoms with Gasteiger partial charge >= 0.3 is 6.03 Å². The Bertz CT molecular complexity index is 664. The van der Waals surface area contributed by atoms with Gasteiger partial charge in [0.15, 0.2) is 0 Å². The third kappa shape index (κ3) is 4.26. The number of carbonyl (C=O) groups is 3. The average Bonchev–Trinajstić information content (AvgIpc) is 2.78. The van der Waals surface area contributed by atoms with Crippen molar-refractivity contribution in [1.82, 2.24) is 15.5 Å². The number of carbonyl (C=O) groups excluding carboxylic acids is 3. The molecule has 0 bridgehead atoms. The van der Waals surface area contributed by atoms with Gasteiger partial charge in [0, 0.05) is 38.3 Å². The molecule has 2 fully saturated rings. The third-order valence-corrected chi connectivity index (χ3v) is 4.55. The van der Waals surface area contributed by atoms with E-state index in [1.54, 1.807) is 17.0 Å². The number of hydrogen-bond donors (Lipinski definition) is 2. The van der Waals surface area contributed by atoms with Crippen molar-refractivity contribution in [2.45, 2.75) is 25.3 Å². The van der Waals surface area contributed by atoms with Crippen molar-refractivity contribution in [3.8, 4) is 0 Å². The molecule has 2 aliphatic heterocycles. The van der Waals surface area contributed by atoms with Gasteiger partial charge in [-0.15, -0.1) is 0 Å². The van der Waals surface area contributed by atoms with Crippen LogP contribution in [-0.2, 0) is 9.59 Å². The standard InChI is InChI=1S/C17H21FN4O3/c18-12-2-4-13(5-3-12)21-8-1-9-22(11-10-21)15(23)7-6-14-16(24)20-17(25)19-14/h2-5,14H,1,6-11H2,(H2,19,20,24,25). The molecule has 4 amide bonds. The number of imide groups is 1. The van der Waals surface area contributed by atoms with Crippen LogP contribution in [0.1, 0.15) is 19.3 Å². The maximum atomic E-state index is 13.0. The SMILES string of the molecule is O=C1NC(=O)C(CCC(=O)N2CCCN(c3ccc(F)cc3)CC2)N1. The molecule has 1 aromatic rings. The van der Waals surface area contributed by atoms with Crippen molar-refractivity contribution in [3.63, 3.8) is 0 Å². The Labute approximate surface area is 145 Å². The fourth-order valence-corrected chi connectivity index (χ4v) is 3.17. The lowest BCUT2D eigenvalue weighted by Crippen LogP contribution is -2.37. The molecule has 0 saturated carbocycles. The molecule has 1 atom stereocenters. The van der Waals surface area contributed by atoms with Crippen LogP contribution in [0.2, 0.25) is 0 Å². The van der Waals surface area contributed by atoms with Crippen LogP contribution in [0.5, 0.6) is 0 Å². The number of amides is 4. The van der Waals surface area contributed by atoms with E-state index in [2.05, 4.69) is 15.5 Å². The van der Waals surface area contributed by atoms with Crippen LogP contribution in [0.4, 0.5) is 14.9 Å². The Morgan fingerprint density at radius 1 is 1.12 bits per heavy atom. The predicted octanol–water partition coefficient (Wildman–Crippen LogP) is 0.853. The van der Waals surface area contributed by atoms with Crippen LogP contribution >= 0.6 is 0 Å². The molecule has 25 heavy (non-hydrogen) atoms. The summed E-state index contributed by atoms with van der Waals surface area (Å²) < 4.78 is 13.0. The summed E-state index contributed by atoms with van der Waals surface area (Å²) in [5.74, 6) is -0.663. The van der Waals surface area contributed by atoms with Gasteiger partial charge in [0.2, 0.25) is 5.91 Å². The number of urea groups is 1. The molecule has 0 aliphatic carbocycles. The maximum Gasteiger partial charge on any atom is 0.322 e. The van der Waals surface area contributed by atoms with Crippen LogP contribution in [0.15, 0.2) is 24.3 Å². The number of nitrogens with one attached hydrogen (secondary N) is 2. The van der Waals surface area contributed by atoms with Crippen LogP contribution in [0.3, 0.4) is 0 Å². The van der Waals surface area contributed by atoms with Crippen molar-refractivity contribution >= 4 is 23.5 Å². The Balaban J connectivity index is 1.50. The molecule has 2 N–H and O–H groups in total. The van der Waals surface area contributed by atoms with E-state index in [0.29, 0.717) is 26.1 Å². The second-order valence-corrected chi connectivity index (χ2v) is 6.25. The number of benzene rings is 1. The van der Waals surface area contributed by atoms with Crippen molar-refractivity contribution in [1.29, 1.82) is 0 Å². The van der Waals surface area contributed by atoms with Crippen molar-refractivity contribution < 1.29 is 18.8 Å². The molecule has 1 unspecified atom stereocenters. The highest BCUT2D eigenvalue weighted by Crippen LogP contribution is 2.17. The van der Waals surface area contributed by atoms with E-state index >= 15 is 0 Å². The number of halogens is 1. The Morgan fingerprint density at radius 3 is 2.56 bits per heavy atom. The first-order valence-electron chi connectivity index (χ1n) is 8.42. The summed E-state index contributed by atoms with van der Waals surface area (Å²) >= 11 is 0. The van der Waals surface area contributed by atoms with Crippen molar-refractivity contribution in [2.24, 2.45) is 0 Å². The summed E-state index contributed by atoms with van der Waals surface area (Å²) in [6.45, 7) is 2.72. The number of hydrogen-bond acceptors (Lipinski definition) is 4. The van der Waals surface area contributed by atoms with E-state index in [-0.39, 0.29) is 24.1 Å². The molecule has 0 aromatic heterocycles. The highest BCUT2D eigenvalue weighted by molar-refractivity contribution is 6.04. The lowest BCUT2D eigenvalue weighted by atomic mass is 10.1. The molecule has 2 aliphatic rings. The smallest absolute Gasteiger partial charge is 0.322 e. The Hall–Kier alpha value is -2.64. The Morgan fingerprint density at radius 2 is 1.88 bits per heavy atom. The van der Waals surface area contributed by atoms with Crippen LogP contribution < -0.4 is 15.5 Å². The topological polar surface area (TPSA) is 81.8 Å². The molecule has 134 valence electrons. The monoisotopic (exact) mass is 348 g/mol. The minimum Gasteiger partial charge on any atom is -0.370 e. The van der Waals surface area contributed by atoms with Gasteiger partial charge in [-0.1, -0.05) is 0 Å². The number of rotatable bonds is 4. The molecule has 1 aromatic carbocycles.